The van der Waals surface area contributed by atoms with E-state index in [4.69, 9.17) is 28.6 Å². The number of amides is 2. The van der Waals surface area contributed by atoms with E-state index in [1.807, 2.05) is 36.4 Å². The largest absolute Gasteiger partial charge is 0.466 e. The van der Waals surface area contributed by atoms with Gasteiger partial charge in [0.15, 0.2) is 0 Å². The van der Waals surface area contributed by atoms with Crippen molar-refractivity contribution >= 4 is 68.9 Å². The van der Waals surface area contributed by atoms with Crippen LogP contribution in [0.3, 0.4) is 0 Å². The summed E-state index contributed by atoms with van der Waals surface area (Å²) < 4.78 is 5.39. The number of esters is 1. The van der Waals surface area contributed by atoms with Gasteiger partial charge in [0, 0.05) is 23.6 Å². The molecule has 0 radical (unpaired) electrons. The Bertz CT molecular complexity index is 1200. The van der Waals surface area contributed by atoms with Gasteiger partial charge in [0.25, 0.3) is 11.8 Å². The lowest BCUT2D eigenvalue weighted by Crippen LogP contribution is -2.30. The monoisotopic (exact) mass is 528 g/mol. The van der Waals surface area contributed by atoms with Crippen molar-refractivity contribution < 1.29 is 19.1 Å². The van der Waals surface area contributed by atoms with Gasteiger partial charge < -0.3 is 9.64 Å². The Morgan fingerprint density at radius 2 is 1.74 bits per heavy atom. The van der Waals surface area contributed by atoms with Gasteiger partial charge in [-0.15, -0.1) is 0 Å². The maximum Gasteiger partial charge on any atom is 0.305 e. The number of carbonyl (C=O) groups is 3. The molecule has 2 aliphatic rings. The zero-order valence-electron chi connectivity index (χ0n) is 19.3. The summed E-state index contributed by atoms with van der Waals surface area (Å²) in [7, 11) is 0. The Morgan fingerprint density at radius 1 is 1.00 bits per heavy atom. The van der Waals surface area contributed by atoms with Gasteiger partial charge in [-0.3, -0.25) is 19.3 Å². The Labute approximate surface area is 219 Å². The number of thiocarbonyl (C=S) groups is 1. The van der Waals surface area contributed by atoms with Crippen molar-refractivity contribution in [3.05, 3.63) is 69.6 Å². The minimum Gasteiger partial charge on any atom is -0.466 e. The number of fused-ring (bicyclic) bond motifs is 1. The predicted octanol–water partition coefficient (Wildman–Crippen LogP) is 5.58. The SMILES string of the molecule is CCOC(=O)CCCCCN1C(=O)/C(=C2/C(=O)N(Cc3ccc(Cl)cc3)c3ccccc32)SC1=S. The molecular formula is C26H25ClN2O4S2. The molecule has 6 nitrogen and oxygen atoms in total. The van der Waals surface area contributed by atoms with Gasteiger partial charge in [0.2, 0.25) is 0 Å². The molecule has 2 aromatic carbocycles. The van der Waals surface area contributed by atoms with E-state index in [9.17, 15) is 14.4 Å². The molecule has 0 spiro atoms. The Kier molecular flexibility index (Phi) is 8.26. The molecule has 4 rings (SSSR count). The standard InChI is InChI=1S/C26H25ClN2O4S2/c1-2-33-21(30)10-4-3-7-15-28-25(32)23(35-26(28)34)22-19-8-5-6-9-20(19)29(24(22)31)16-17-11-13-18(27)14-12-17/h5-6,8-9,11-14H,2-4,7,10,15-16H2,1H3/b23-22-. The number of unbranched alkanes of at least 4 members (excludes halogenated alkanes) is 2. The molecule has 2 aliphatic heterocycles. The van der Waals surface area contributed by atoms with Crippen LogP contribution in [0, 0.1) is 0 Å². The first-order chi connectivity index (χ1) is 16.9. The van der Waals surface area contributed by atoms with E-state index < -0.39 is 0 Å². The topological polar surface area (TPSA) is 66.9 Å². The molecule has 0 aromatic heterocycles. The average molecular weight is 529 g/mol. The van der Waals surface area contributed by atoms with E-state index in [2.05, 4.69) is 0 Å². The molecule has 2 amide bonds. The van der Waals surface area contributed by atoms with Crippen LogP contribution in [0.1, 0.15) is 43.7 Å². The van der Waals surface area contributed by atoms with Crippen LogP contribution in [0.2, 0.25) is 5.02 Å². The van der Waals surface area contributed by atoms with Crippen molar-refractivity contribution in [3.63, 3.8) is 0 Å². The quantitative estimate of drug-likeness (QED) is 0.183. The van der Waals surface area contributed by atoms with E-state index in [1.54, 1.807) is 28.9 Å². The summed E-state index contributed by atoms with van der Waals surface area (Å²) in [5, 5.41) is 0.632. The zero-order chi connectivity index (χ0) is 24.9. The highest BCUT2D eigenvalue weighted by molar-refractivity contribution is 8.26. The second kappa shape index (κ2) is 11.4. The van der Waals surface area contributed by atoms with Crippen molar-refractivity contribution in [1.29, 1.82) is 0 Å². The van der Waals surface area contributed by atoms with Crippen LogP contribution in [-0.2, 0) is 25.7 Å². The van der Waals surface area contributed by atoms with Crippen molar-refractivity contribution in [3.8, 4) is 0 Å². The number of hydrogen-bond acceptors (Lipinski definition) is 6. The summed E-state index contributed by atoms with van der Waals surface area (Å²) in [6.45, 7) is 2.99. The minimum atomic E-state index is -0.239. The predicted molar refractivity (Wildman–Crippen MR) is 143 cm³/mol. The molecular weight excluding hydrogens is 504 g/mol. The van der Waals surface area contributed by atoms with Gasteiger partial charge in [-0.2, -0.15) is 0 Å². The highest BCUT2D eigenvalue weighted by Crippen LogP contribution is 2.45. The number of nitrogens with zero attached hydrogens (tertiary/aromatic N) is 2. The van der Waals surface area contributed by atoms with E-state index in [0.717, 1.165) is 23.2 Å². The van der Waals surface area contributed by atoms with Crippen LogP contribution in [0.4, 0.5) is 5.69 Å². The van der Waals surface area contributed by atoms with Crippen LogP contribution in [0.25, 0.3) is 5.57 Å². The number of anilines is 1. The summed E-state index contributed by atoms with van der Waals surface area (Å²) >= 11 is 12.7. The summed E-state index contributed by atoms with van der Waals surface area (Å²) in [6, 6.07) is 14.9. The molecule has 9 heteroatoms. The number of thioether (sulfide) groups is 1. The molecule has 0 saturated carbocycles. The number of para-hydroxylation sites is 1. The lowest BCUT2D eigenvalue weighted by Gasteiger charge is -2.17. The first-order valence-electron chi connectivity index (χ1n) is 11.5. The smallest absolute Gasteiger partial charge is 0.305 e. The fraction of sp³-hybridized carbons (Fsp3) is 0.308. The Hall–Kier alpha value is -2.68. The first-order valence-corrected chi connectivity index (χ1v) is 13.1. The summed E-state index contributed by atoms with van der Waals surface area (Å²) in [6.07, 6.45) is 2.55. The Morgan fingerprint density at radius 3 is 2.49 bits per heavy atom. The summed E-state index contributed by atoms with van der Waals surface area (Å²) in [5.74, 6) is -0.655. The second-order valence-corrected chi connectivity index (χ2v) is 10.3. The maximum atomic E-state index is 13.6. The number of rotatable bonds is 9. The normalized spacial score (nSPS) is 17.4. The first kappa shape index (κ1) is 25.4. The van der Waals surface area contributed by atoms with Crippen molar-refractivity contribution in [2.75, 3.05) is 18.1 Å². The minimum absolute atomic E-state index is 0.204. The molecule has 2 heterocycles. The molecule has 0 unspecified atom stereocenters. The number of hydrogen-bond donors (Lipinski definition) is 0. The number of halogens is 1. The fourth-order valence-corrected chi connectivity index (χ4v) is 5.63. The van der Waals surface area contributed by atoms with E-state index in [0.29, 0.717) is 58.8 Å². The fourth-order valence-electron chi connectivity index (χ4n) is 4.12. The molecule has 0 atom stereocenters. The molecule has 35 heavy (non-hydrogen) atoms. The third kappa shape index (κ3) is 5.60. The number of benzene rings is 2. The number of ether oxygens (including phenoxy) is 1. The highest BCUT2D eigenvalue weighted by atomic mass is 35.5. The maximum absolute atomic E-state index is 13.6. The molecule has 0 N–H and O–H groups in total. The van der Waals surface area contributed by atoms with Gasteiger partial charge in [0.1, 0.15) is 4.32 Å². The average Bonchev–Trinajstić information content (AvgIpc) is 3.27. The van der Waals surface area contributed by atoms with Gasteiger partial charge in [-0.1, -0.05) is 72.3 Å². The van der Waals surface area contributed by atoms with Crippen molar-refractivity contribution in [2.45, 2.75) is 39.2 Å². The molecule has 182 valence electrons. The van der Waals surface area contributed by atoms with Crippen LogP contribution in [0.15, 0.2) is 53.4 Å². The lowest BCUT2D eigenvalue weighted by molar-refractivity contribution is -0.143. The van der Waals surface area contributed by atoms with Gasteiger partial charge in [-0.05, 0) is 43.5 Å². The molecule has 0 bridgehead atoms. The van der Waals surface area contributed by atoms with E-state index >= 15 is 0 Å². The summed E-state index contributed by atoms with van der Waals surface area (Å²) in [5.41, 5.74) is 2.85. The van der Waals surface area contributed by atoms with Crippen LogP contribution < -0.4 is 4.90 Å². The van der Waals surface area contributed by atoms with Crippen LogP contribution in [-0.4, -0.2) is 40.2 Å². The second-order valence-electron chi connectivity index (χ2n) is 8.18. The van der Waals surface area contributed by atoms with E-state index in [-0.39, 0.29) is 17.8 Å². The molecule has 1 fully saturated rings. The van der Waals surface area contributed by atoms with Crippen LogP contribution in [0.5, 0.6) is 0 Å². The highest BCUT2D eigenvalue weighted by Gasteiger charge is 2.41. The molecule has 1 saturated heterocycles. The zero-order valence-corrected chi connectivity index (χ0v) is 21.7. The van der Waals surface area contributed by atoms with E-state index in [1.165, 1.54) is 11.8 Å². The lowest BCUT2D eigenvalue weighted by atomic mass is 10.1. The molecule has 0 aliphatic carbocycles. The van der Waals surface area contributed by atoms with Crippen LogP contribution >= 0.6 is 35.6 Å². The van der Waals surface area contributed by atoms with Gasteiger partial charge in [-0.25, -0.2) is 0 Å². The van der Waals surface area contributed by atoms with Gasteiger partial charge >= 0.3 is 5.97 Å². The Balaban J connectivity index is 1.50. The van der Waals surface area contributed by atoms with Gasteiger partial charge in [0.05, 0.1) is 29.3 Å². The third-order valence-corrected chi connectivity index (χ3v) is 7.52. The summed E-state index contributed by atoms with van der Waals surface area (Å²) in [4.78, 5) is 42.0. The number of carbonyl (C=O) groups excluding carboxylic acids is 3. The third-order valence-electron chi connectivity index (χ3n) is 5.82. The van der Waals surface area contributed by atoms with Crippen molar-refractivity contribution in [2.24, 2.45) is 0 Å². The van der Waals surface area contributed by atoms with Crippen molar-refractivity contribution in [1.82, 2.24) is 4.90 Å². The molecule has 2 aromatic rings.